The maximum Gasteiger partial charge on any atom is 0.416 e. The highest BCUT2D eigenvalue weighted by molar-refractivity contribution is 5.67. The van der Waals surface area contributed by atoms with Crippen molar-refractivity contribution >= 4 is 6.09 Å². The van der Waals surface area contributed by atoms with Crippen LogP contribution in [0.3, 0.4) is 0 Å². The van der Waals surface area contributed by atoms with Gasteiger partial charge < -0.3 is 10.1 Å². The predicted molar refractivity (Wildman–Crippen MR) is 98.9 cm³/mol. The number of aromatic nitrogens is 3. The minimum absolute atomic E-state index is 0.0797. The zero-order valence-electron chi connectivity index (χ0n) is 15.4. The Balaban J connectivity index is 1.48. The molecule has 3 aromatic rings. The Morgan fingerprint density at radius 2 is 1.79 bits per heavy atom. The van der Waals surface area contributed by atoms with Crippen molar-refractivity contribution in [2.45, 2.75) is 25.7 Å². The van der Waals surface area contributed by atoms with E-state index in [0.717, 1.165) is 11.6 Å². The van der Waals surface area contributed by atoms with Crippen LogP contribution in [0.4, 0.5) is 18.0 Å². The SMILES string of the molecule is O=C(NCCc1ccccc1)OCc1cn(Cc2ccccc2C(F)(F)F)nn1. The highest BCUT2D eigenvalue weighted by Crippen LogP contribution is 2.32. The Bertz CT molecular complexity index is 942. The number of nitrogens with one attached hydrogen (secondary N) is 1. The number of carbonyl (C=O) groups excluding carboxylic acids is 1. The lowest BCUT2D eigenvalue weighted by Gasteiger charge is -2.12. The van der Waals surface area contributed by atoms with Gasteiger partial charge in [0, 0.05) is 6.54 Å². The van der Waals surface area contributed by atoms with Gasteiger partial charge in [0.15, 0.2) is 0 Å². The second-order valence-electron chi connectivity index (χ2n) is 6.30. The van der Waals surface area contributed by atoms with Gasteiger partial charge in [-0.3, -0.25) is 0 Å². The van der Waals surface area contributed by atoms with Crippen LogP contribution in [-0.4, -0.2) is 27.6 Å². The normalized spacial score (nSPS) is 11.3. The van der Waals surface area contributed by atoms with E-state index in [1.54, 1.807) is 0 Å². The summed E-state index contributed by atoms with van der Waals surface area (Å²) in [7, 11) is 0. The first kappa shape index (κ1) is 20.4. The Morgan fingerprint density at radius 3 is 2.55 bits per heavy atom. The first-order valence-corrected chi connectivity index (χ1v) is 8.90. The molecule has 0 aliphatic carbocycles. The van der Waals surface area contributed by atoms with E-state index < -0.39 is 17.8 Å². The van der Waals surface area contributed by atoms with E-state index in [-0.39, 0.29) is 18.7 Å². The molecule has 1 N–H and O–H groups in total. The van der Waals surface area contributed by atoms with Crippen molar-refractivity contribution < 1.29 is 22.7 Å². The van der Waals surface area contributed by atoms with E-state index in [0.29, 0.717) is 18.7 Å². The van der Waals surface area contributed by atoms with Gasteiger partial charge in [0.1, 0.15) is 12.3 Å². The highest BCUT2D eigenvalue weighted by Gasteiger charge is 2.32. The second kappa shape index (κ2) is 9.22. The van der Waals surface area contributed by atoms with Crippen molar-refractivity contribution in [1.82, 2.24) is 20.3 Å². The molecule has 2 aromatic carbocycles. The Hall–Kier alpha value is -3.36. The van der Waals surface area contributed by atoms with E-state index in [2.05, 4.69) is 15.6 Å². The Labute approximate surface area is 165 Å². The minimum Gasteiger partial charge on any atom is -0.443 e. The average molecular weight is 404 g/mol. The Morgan fingerprint density at radius 1 is 1.07 bits per heavy atom. The number of halogens is 3. The maximum absolute atomic E-state index is 13.1. The first-order valence-electron chi connectivity index (χ1n) is 8.90. The topological polar surface area (TPSA) is 69.0 Å². The molecule has 0 atom stereocenters. The summed E-state index contributed by atoms with van der Waals surface area (Å²) in [5, 5.41) is 10.3. The molecule has 1 aromatic heterocycles. The number of amides is 1. The summed E-state index contributed by atoms with van der Waals surface area (Å²) in [6, 6.07) is 15.0. The number of nitrogens with zero attached hydrogens (tertiary/aromatic N) is 3. The van der Waals surface area contributed by atoms with Crippen LogP contribution in [0.25, 0.3) is 0 Å². The predicted octanol–water partition coefficient (Wildman–Crippen LogP) is 3.81. The lowest BCUT2D eigenvalue weighted by atomic mass is 10.1. The molecule has 3 rings (SSSR count). The molecule has 29 heavy (non-hydrogen) atoms. The molecule has 0 bridgehead atoms. The van der Waals surface area contributed by atoms with E-state index in [9.17, 15) is 18.0 Å². The van der Waals surface area contributed by atoms with Crippen LogP contribution in [-0.2, 0) is 30.5 Å². The fourth-order valence-electron chi connectivity index (χ4n) is 2.74. The van der Waals surface area contributed by atoms with Gasteiger partial charge >= 0.3 is 12.3 Å². The lowest BCUT2D eigenvalue weighted by Crippen LogP contribution is -2.26. The van der Waals surface area contributed by atoms with Crippen LogP contribution < -0.4 is 5.32 Å². The molecule has 0 fully saturated rings. The van der Waals surface area contributed by atoms with Crippen LogP contribution in [0.15, 0.2) is 60.8 Å². The second-order valence-corrected chi connectivity index (χ2v) is 6.30. The number of carbonyl (C=O) groups is 1. The van der Waals surface area contributed by atoms with Crippen molar-refractivity contribution in [2.24, 2.45) is 0 Å². The fraction of sp³-hybridized carbons (Fsp3) is 0.250. The molecule has 1 amide bonds. The van der Waals surface area contributed by atoms with Crippen LogP contribution in [0.5, 0.6) is 0 Å². The molecule has 0 aliphatic rings. The number of hydrogen-bond donors (Lipinski definition) is 1. The zero-order valence-corrected chi connectivity index (χ0v) is 15.4. The van der Waals surface area contributed by atoms with Gasteiger partial charge in [-0.15, -0.1) is 5.10 Å². The molecular weight excluding hydrogens is 385 g/mol. The molecule has 0 radical (unpaired) electrons. The zero-order chi connectivity index (χ0) is 20.7. The molecule has 0 saturated heterocycles. The largest absolute Gasteiger partial charge is 0.443 e. The van der Waals surface area contributed by atoms with E-state index >= 15 is 0 Å². The number of benzene rings is 2. The van der Waals surface area contributed by atoms with E-state index in [1.807, 2.05) is 30.3 Å². The van der Waals surface area contributed by atoms with Gasteiger partial charge in [-0.05, 0) is 23.6 Å². The Kier molecular flexibility index (Phi) is 6.48. The lowest BCUT2D eigenvalue weighted by molar-refractivity contribution is -0.138. The fourth-order valence-corrected chi connectivity index (χ4v) is 2.74. The maximum atomic E-state index is 13.1. The van der Waals surface area contributed by atoms with Gasteiger partial charge in [0.25, 0.3) is 0 Å². The number of alkyl carbamates (subject to hydrolysis) is 1. The third kappa shape index (κ3) is 6.06. The van der Waals surface area contributed by atoms with Gasteiger partial charge in [-0.25, -0.2) is 9.48 Å². The quantitative estimate of drug-likeness (QED) is 0.650. The number of alkyl halides is 3. The number of ether oxygens (including phenoxy) is 1. The summed E-state index contributed by atoms with van der Waals surface area (Å²) in [5.41, 5.74) is 0.796. The van der Waals surface area contributed by atoms with E-state index in [4.69, 9.17) is 4.74 Å². The van der Waals surface area contributed by atoms with Crippen LogP contribution >= 0.6 is 0 Å². The summed E-state index contributed by atoms with van der Waals surface area (Å²) < 4.78 is 45.5. The molecule has 6 nitrogen and oxygen atoms in total. The molecule has 0 aliphatic heterocycles. The van der Waals surface area contributed by atoms with Gasteiger partial charge in [-0.1, -0.05) is 53.7 Å². The standard InChI is InChI=1S/C20H19F3N4O2/c21-20(22,23)18-9-5-4-8-16(18)12-27-13-17(25-26-27)14-29-19(28)24-11-10-15-6-2-1-3-7-15/h1-9,13H,10-12,14H2,(H,24,28). The molecule has 0 unspecified atom stereocenters. The number of rotatable bonds is 7. The highest BCUT2D eigenvalue weighted by atomic mass is 19.4. The molecule has 0 saturated carbocycles. The van der Waals surface area contributed by atoms with Crippen molar-refractivity contribution in [3.05, 3.63) is 83.2 Å². The summed E-state index contributed by atoms with van der Waals surface area (Å²) in [5.74, 6) is 0. The summed E-state index contributed by atoms with van der Waals surface area (Å²) in [4.78, 5) is 11.7. The van der Waals surface area contributed by atoms with Gasteiger partial charge in [-0.2, -0.15) is 13.2 Å². The van der Waals surface area contributed by atoms with Crippen LogP contribution in [0, 0.1) is 0 Å². The van der Waals surface area contributed by atoms with Crippen molar-refractivity contribution in [3.63, 3.8) is 0 Å². The molecule has 9 heteroatoms. The molecule has 1 heterocycles. The van der Waals surface area contributed by atoms with Crippen molar-refractivity contribution in [2.75, 3.05) is 6.54 Å². The van der Waals surface area contributed by atoms with Gasteiger partial charge in [0.2, 0.25) is 0 Å². The monoisotopic (exact) mass is 404 g/mol. The summed E-state index contributed by atoms with van der Waals surface area (Å²) >= 11 is 0. The van der Waals surface area contributed by atoms with Crippen LogP contribution in [0.1, 0.15) is 22.4 Å². The van der Waals surface area contributed by atoms with Gasteiger partial charge in [0.05, 0.1) is 18.3 Å². The first-order chi connectivity index (χ1) is 13.9. The third-order valence-electron chi connectivity index (χ3n) is 4.12. The molecular formula is C20H19F3N4O2. The summed E-state index contributed by atoms with van der Waals surface area (Å²) in [6.45, 7) is 0.202. The average Bonchev–Trinajstić information content (AvgIpc) is 3.14. The smallest absolute Gasteiger partial charge is 0.416 e. The third-order valence-corrected chi connectivity index (χ3v) is 4.12. The number of hydrogen-bond acceptors (Lipinski definition) is 4. The van der Waals surface area contributed by atoms with Crippen molar-refractivity contribution in [1.29, 1.82) is 0 Å². The summed E-state index contributed by atoms with van der Waals surface area (Å²) in [6.07, 6.45) is -2.92. The molecule has 152 valence electrons. The van der Waals surface area contributed by atoms with Crippen LogP contribution in [0.2, 0.25) is 0 Å². The molecule has 0 spiro atoms. The van der Waals surface area contributed by atoms with E-state index in [1.165, 1.54) is 29.1 Å². The van der Waals surface area contributed by atoms with Crippen molar-refractivity contribution in [3.8, 4) is 0 Å². The minimum atomic E-state index is -4.44.